The lowest BCUT2D eigenvalue weighted by atomic mass is 9.82. The number of halogens is 17. The minimum absolute atomic E-state index is 0.118. The van der Waals surface area contributed by atoms with Crippen LogP contribution in [0.15, 0.2) is 36.4 Å². The molecule has 46 heavy (non-hydrogen) atoms. The molecule has 0 bridgehead atoms. The van der Waals surface area contributed by atoms with Crippen molar-refractivity contribution in [3.63, 3.8) is 0 Å². The van der Waals surface area contributed by atoms with Crippen LogP contribution in [0.1, 0.15) is 38.8 Å². The van der Waals surface area contributed by atoms with Crippen molar-refractivity contribution in [3.8, 4) is 0 Å². The van der Waals surface area contributed by atoms with Crippen LogP contribution in [-0.2, 0) is 0 Å². The number of alkyl halides is 17. The van der Waals surface area contributed by atoms with E-state index in [1.807, 2.05) is 0 Å². The fourth-order valence-electron chi connectivity index (χ4n) is 4.24. The predicted octanol–water partition coefficient (Wildman–Crippen LogP) is 8.32. The van der Waals surface area contributed by atoms with Gasteiger partial charge < -0.3 is 10.6 Å². The average molecular weight is 698 g/mol. The third kappa shape index (κ3) is 4.90. The van der Waals surface area contributed by atoms with E-state index in [0.29, 0.717) is 6.07 Å². The standard InChI is InChI=1S/C25H15F17N2O2/c1-2-43-12-7-3-5-10-14(12)16(45)11-6-4-8-13(15(11)17(10)46)44-9-18(26,27)19(28,29)20(30,31)21(32,33)22(34,35)23(36,37)24(38,39)25(40,41)42/h3-8,43-44H,2,9H2,1H3. The van der Waals surface area contributed by atoms with E-state index >= 15 is 0 Å². The van der Waals surface area contributed by atoms with Crippen molar-refractivity contribution < 1.29 is 84.2 Å². The molecule has 4 nitrogen and oxygen atoms in total. The number of hydrogen-bond acceptors (Lipinski definition) is 4. The number of carbonyl (C=O) groups is 2. The van der Waals surface area contributed by atoms with E-state index in [-0.39, 0.29) is 23.4 Å². The van der Waals surface area contributed by atoms with Crippen LogP contribution in [-0.4, -0.2) is 72.3 Å². The lowest BCUT2D eigenvalue weighted by molar-refractivity contribution is -0.461. The third-order valence-electron chi connectivity index (χ3n) is 6.73. The van der Waals surface area contributed by atoms with Crippen molar-refractivity contribution in [2.45, 2.75) is 54.6 Å². The first kappa shape index (κ1) is 36.7. The summed E-state index contributed by atoms with van der Waals surface area (Å²) in [5, 5.41) is 4.03. The van der Waals surface area contributed by atoms with Crippen LogP contribution in [0, 0.1) is 0 Å². The van der Waals surface area contributed by atoms with E-state index in [9.17, 15) is 84.2 Å². The van der Waals surface area contributed by atoms with Crippen molar-refractivity contribution in [2.24, 2.45) is 0 Å². The summed E-state index contributed by atoms with van der Waals surface area (Å²) in [7, 11) is 0. The number of nitrogens with one attached hydrogen (secondary N) is 2. The van der Waals surface area contributed by atoms with E-state index in [0.717, 1.165) is 18.2 Å². The van der Waals surface area contributed by atoms with Crippen LogP contribution in [0.5, 0.6) is 0 Å². The van der Waals surface area contributed by atoms with Crippen LogP contribution in [0.25, 0.3) is 0 Å². The van der Waals surface area contributed by atoms with Gasteiger partial charge in [0.2, 0.25) is 0 Å². The van der Waals surface area contributed by atoms with E-state index in [1.165, 1.54) is 17.4 Å². The summed E-state index contributed by atoms with van der Waals surface area (Å²) in [6.07, 6.45) is -7.84. The topological polar surface area (TPSA) is 58.2 Å². The molecule has 2 aromatic rings. The summed E-state index contributed by atoms with van der Waals surface area (Å²) in [6, 6.07) is 6.09. The molecule has 0 amide bonds. The Balaban J connectivity index is 2.01. The number of rotatable bonds is 11. The highest BCUT2D eigenvalue weighted by Crippen LogP contribution is 2.64. The molecule has 0 saturated carbocycles. The van der Waals surface area contributed by atoms with Gasteiger partial charge in [-0.3, -0.25) is 9.59 Å². The summed E-state index contributed by atoms with van der Waals surface area (Å²) in [6.45, 7) is -1.17. The number of carbonyl (C=O) groups excluding carboxylic acids is 2. The molecular weight excluding hydrogens is 683 g/mol. The molecule has 2 aromatic carbocycles. The molecule has 0 atom stereocenters. The second-order valence-electron chi connectivity index (χ2n) is 9.65. The van der Waals surface area contributed by atoms with Gasteiger partial charge in [-0.15, -0.1) is 0 Å². The van der Waals surface area contributed by atoms with E-state index in [2.05, 4.69) is 5.32 Å². The van der Waals surface area contributed by atoms with Gasteiger partial charge in [0, 0.05) is 29.0 Å². The first-order valence-corrected chi connectivity index (χ1v) is 12.1. The van der Waals surface area contributed by atoms with Gasteiger partial charge in [-0.2, -0.15) is 74.6 Å². The molecular formula is C25H15F17N2O2. The highest BCUT2D eigenvalue weighted by Gasteiger charge is 2.95. The van der Waals surface area contributed by atoms with Crippen LogP contribution in [0.2, 0.25) is 0 Å². The number of ketones is 2. The molecule has 1 aliphatic carbocycles. The fraction of sp³-hybridized carbons (Fsp3) is 0.440. The van der Waals surface area contributed by atoms with Gasteiger partial charge in [-0.1, -0.05) is 24.3 Å². The van der Waals surface area contributed by atoms with Gasteiger partial charge in [0.25, 0.3) is 0 Å². The number of benzene rings is 2. The first-order valence-electron chi connectivity index (χ1n) is 12.1. The summed E-state index contributed by atoms with van der Waals surface area (Å²) >= 11 is 0. The van der Waals surface area contributed by atoms with Gasteiger partial charge in [-0.25, -0.2) is 0 Å². The zero-order valence-corrected chi connectivity index (χ0v) is 22.1. The van der Waals surface area contributed by atoms with Crippen molar-refractivity contribution in [1.29, 1.82) is 0 Å². The second-order valence-corrected chi connectivity index (χ2v) is 9.65. The summed E-state index contributed by atoms with van der Waals surface area (Å²) in [5.74, 6) is -59.5. The van der Waals surface area contributed by atoms with E-state index < -0.39 is 82.6 Å². The maximum Gasteiger partial charge on any atom is 0.460 e. The Morgan fingerprint density at radius 2 is 0.848 bits per heavy atom. The van der Waals surface area contributed by atoms with Crippen molar-refractivity contribution >= 4 is 22.9 Å². The lowest BCUT2D eigenvalue weighted by Crippen LogP contribution is -2.74. The van der Waals surface area contributed by atoms with Gasteiger partial charge in [0.1, 0.15) is 0 Å². The Bertz CT molecular complexity index is 1530. The van der Waals surface area contributed by atoms with Crippen LogP contribution < -0.4 is 10.6 Å². The predicted molar refractivity (Wildman–Crippen MR) is 123 cm³/mol. The average Bonchev–Trinajstić information content (AvgIpc) is 2.93. The van der Waals surface area contributed by atoms with Crippen LogP contribution in [0.3, 0.4) is 0 Å². The van der Waals surface area contributed by atoms with Gasteiger partial charge in [0.15, 0.2) is 11.6 Å². The molecule has 0 heterocycles. The zero-order valence-electron chi connectivity index (χ0n) is 22.1. The van der Waals surface area contributed by atoms with Gasteiger partial charge >= 0.3 is 47.6 Å². The Labute approximate surface area is 244 Å². The molecule has 0 spiro atoms. The smallest absolute Gasteiger partial charge is 0.385 e. The normalized spacial score (nSPS) is 15.4. The largest absolute Gasteiger partial charge is 0.460 e. The quantitative estimate of drug-likeness (QED) is 0.198. The Kier molecular flexibility index (Phi) is 8.67. The van der Waals surface area contributed by atoms with Crippen LogP contribution >= 0.6 is 0 Å². The summed E-state index contributed by atoms with van der Waals surface area (Å²) in [4.78, 5) is 26.2. The Morgan fingerprint density at radius 3 is 1.22 bits per heavy atom. The monoisotopic (exact) mass is 698 g/mol. The highest BCUT2D eigenvalue weighted by atomic mass is 19.4. The van der Waals surface area contributed by atoms with E-state index in [4.69, 9.17) is 0 Å². The maximum absolute atomic E-state index is 14.5. The van der Waals surface area contributed by atoms with Crippen molar-refractivity contribution in [1.82, 2.24) is 0 Å². The Hall–Kier alpha value is -3.81. The maximum atomic E-state index is 14.5. The fourth-order valence-corrected chi connectivity index (χ4v) is 4.24. The number of hydrogen-bond donors (Lipinski definition) is 2. The molecule has 0 fully saturated rings. The highest BCUT2D eigenvalue weighted by molar-refractivity contribution is 6.31. The molecule has 21 heteroatoms. The van der Waals surface area contributed by atoms with E-state index in [1.54, 1.807) is 6.92 Å². The zero-order chi connectivity index (χ0) is 35.7. The molecule has 0 unspecified atom stereocenters. The molecule has 0 saturated heterocycles. The summed E-state index contributed by atoms with van der Waals surface area (Å²) in [5.41, 5.74) is -2.92. The third-order valence-corrected chi connectivity index (χ3v) is 6.73. The van der Waals surface area contributed by atoms with Gasteiger partial charge in [0.05, 0.1) is 17.7 Å². The second kappa shape index (κ2) is 10.9. The van der Waals surface area contributed by atoms with Gasteiger partial charge in [-0.05, 0) is 19.1 Å². The lowest BCUT2D eigenvalue weighted by Gasteiger charge is -2.42. The SMILES string of the molecule is CCNc1cccc2c1C(=O)c1cccc(NCC(F)(F)C(F)(F)C(F)(F)C(F)(F)C(F)(F)C(F)(F)C(F)(F)C(F)(F)F)c1C2=O. The van der Waals surface area contributed by atoms with Crippen LogP contribution in [0.4, 0.5) is 86.0 Å². The summed E-state index contributed by atoms with van der Waals surface area (Å²) < 4.78 is 230. The molecule has 1 aliphatic rings. The first-order chi connectivity index (χ1) is 20.6. The van der Waals surface area contributed by atoms with Crippen molar-refractivity contribution in [3.05, 3.63) is 58.7 Å². The Morgan fingerprint density at radius 1 is 0.500 bits per heavy atom. The number of anilines is 2. The molecule has 3 rings (SSSR count). The molecule has 2 N–H and O–H groups in total. The minimum Gasteiger partial charge on any atom is -0.385 e. The molecule has 0 aliphatic heterocycles. The molecule has 256 valence electrons. The molecule has 0 radical (unpaired) electrons. The number of fused-ring (bicyclic) bond motifs is 2. The molecule has 0 aromatic heterocycles. The minimum atomic E-state index is -8.74. The van der Waals surface area contributed by atoms with Crippen molar-refractivity contribution in [2.75, 3.05) is 23.7 Å².